The lowest BCUT2D eigenvalue weighted by molar-refractivity contribution is -0.114. The van der Waals surface area contributed by atoms with Gasteiger partial charge in [-0.3, -0.25) is 9.59 Å². The molecular weight excluding hydrogens is 268 g/mol. The van der Waals surface area contributed by atoms with E-state index in [1.807, 2.05) is 26.0 Å². The molecule has 1 aromatic carbocycles. The summed E-state index contributed by atoms with van der Waals surface area (Å²) < 4.78 is 0. The molecule has 4 nitrogen and oxygen atoms in total. The molecule has 0 aliphatic heterocycles. The van der Waals surface area contributed by atoms with Crippen LogP contribution < -0.4 is 10.6 Å². The van der Waals surface area contributed by atoms with Gasteiger partial charge in [0.1, 0.15) is 0 Å². The SMILES string of the molecule is Cc1cc(NC(=O)CS)c(C)cc1NC(=O)CS. The van der Waals surface area contributed by atoms with Crippen LogP contribution in [0.25, 0.3) is 0 Å². The number of thiol groups is 2. The van der Waals surface area contributed by atoms with Gasteiger partial charge in [0.2, 0.25) is 11.8 Å². The summed E-state index contributed by atoms with van der Waals surface area (Å²) in [6.45, 7) is 3.73. The molecule has 0 heterocycles. The maximum Gasteiger partial charge on any atom is 0.234 e. The maximum absolute atomic E-state index is 11.3. The molecule has 98 valence electrons. The van der Waals surface area contributed by atoms with E-state index in [0.29, 0.717) is 0 Å². The molecule has 1 aromatic rings. The van der Waals surface area contributed by atoms with Crippen molar-refractivity contribution in [2.24, 2.45) is 0 Å². The highest BCUT2D eigenvalue weighted by molar-refractivity contribution is 7.81. The quantitative estimate of drug-likeness (QED) is 0.640. The Labute approximate surface area is 117 Å². The van der Waals surface area contributed by atoms with Crippen molar-refractivity contribution in [1.82, 2.24) is 0 Å². The first-order valence-electron chi connectivity index (χ1n) is 5.40. The standard InChI is InChI=1S/C12H16N2O2S2/c1-7-3-10(14-12(16)6-18)8(2)4-9(7)13-11(15)5-17/h3-4,17-18H,5-6H2,1-2H3,(H,13,15)(H,14,16). The highest BCUT2D eigenvalue weighted by atomic mass is 32.1. The lowest BCUT2D eigenvalue weighted by atomic mass is 10.1. The number of hydrogen-bond acceptors (Lipinski definition) is 4. The summed E-state index contributed by atoms with van der Waals surface area (Å²) in [7, 11) is 0. The Morgan fingerprint density at radius 3 is 1.56 bits per heavy atom. The molecule has 0 saturated heterocycles. The van der Waals surface area contributed by atoms with Gasteiger partial charge in [-0.15, -0.1) is 0 Å². The third kappa shape index (κ3) is 3.96. The largest absolute Gasteiger partial charge is 0.325 e. The predicted octanol–water partition coefficient (Wildman–Crippen LogP) is 2.04. The average molecular weight is 284 g/mol. The summed E-state index contributed by atoms with van der Waals surface area (Å²) in [5.74, 6) is -0.0475. The van der Waals surface area contributed by atoms with Crippen LogP contribution >= 0.6 is 25.3 Å². The van der Waals surface area contributed by atoms with Crippen LogP contribution in [0.1, 0.15) is 11.1 Å². The number of amides is 2. The first-order chi connectivity index (χ1) is 8.47. The van der Waals surface area contributed by atoms with Crippen LogP contribution in [0.4, 0.5) is 11.4 Å². The summed E-state index contributed by atoms with van der Waals surface area (Å²) in [4.78, 5) is 22.6. The number of carbonyl (C=O) groups excluding carboxylic acids is 2. The van der Waals surface area contributed by atoms with E-state index in [4.69, 9.17) is 0 Å². The first kappa shape index (κ1) is 14.9. The lowest BCUT2D eigenvalue weighted by Gasteiger charge is -2.13. The van der Waals surface area contributed by atoms with E-state index in [1.54, 1.807) is 0 Å². The van der Waals surface area contributed by atoms with Crippen molar-refractivity contribution in [1.29, 1.82) is 0 Å². The molecule has 0 aliphatic carbocycles. The van der Waals surface area contributed by atoms with E-state index in [9.17, 15) is 9.59 Å². The smallest absolute Gasteiger partial charge is 0.234 e. The second-order valence-electron chi connectivity index (χ2n) is 3.89. The van der Waals surface area contributed by atoms with Crippen LogP contribution in [0.2, 0.25) is 0 Å². The van der Waals surface area contributed by atoms with Crippen LogP contribution in [-0.2, 0) is 9.59 Å². The topological polar surface area (TPSA) is 58.2 Å². The van der Waals surface area contributed by atoms with E-state index in [-0.39, 0.29) is 23.3 Å². The van der Waals surface area contributed by atoms with Crippen LogP contribution in [0.15, 0.2) is 12.1 Å². The second-order valence-corrected chi connectivity index (χ2v) is 4.53. The van der Waals surface area contributed by atoms with Gasteiger partial charge in [0, 0.05) is 11.4 Å². The van der Waals surface area contributed by atoms with E-state index in [2.05, 4.69) is 35.9 Å². The Morgan fingerprint density at radius 1 is 0.944 bits per heavy atom. The molecule has 0 fully saturated rings. The molecule has 0 radical (unpaired) electrons. The van der Waals surface area contributed by atoms with Crippen molar-refractivity contribution < 1.29 is 9.59 Å². The van der Waals surface area contributed by atoms with Gasteiger partial charge in [-0.05, 0) is 37.1 Å². The minimum absolute atomic E-state index is 0.136. The van der Waals surface area contributed by atoms with Gasteiger partial charge in [-0.1, -0.05) is 0 Å². The van der Waals surface area contributed by atoms with Crippen LogP contribution in [0.3, 0.4) is 0 Å². The number of aryl methyl sites for hydroxylation is 2. The number of anilines is 2. The van der Waals surface area contributed by atoms with Gasteiger partial charge < -0.3 is 10.6 Å². The highest BCUT2D eigenvalue weighted by Crippen LogP contribution is 2.24. The van der Waals surface area contributed by atoms with Crippen LogP contribution in [0.5, 0.6) is 0 Å². The summed E-state index contributed by atoms with van der Waals surface area (Å²) in [6.07, 6.45) is 0. The fourth-order valence-corrected chi connectivity index (χ4v) is 1.62. The van der Waals surface area contributed by atoms with Crippen molar-refractivity contribution in [3.05, 3.63) is 23.3 Å². The van der Waals surface area contributed by atoms with Gasteiger partial charge in [0.25, 0.3) is 0 Å². The second kappa shape index (κ2) is 6.70. The average Bonchev–Trinajstić information content (AvgIpc) is 2.34. The number of benzene rings is 1. The summed E-state index contributed by atoms with van der Waals surface area (Å²) in [5, 5.41) is 5.50. The van der Waals surface area contributed by atoms with Crippen LogP contribution in [0, 0.1) is 13.8 Å². The normalized spacial score (nSPS) is 10.0. The Morgan fingerprint density at radius 2 is 1.28 bits per heavy atom. The number of hydrogen-bond donors (Lipinski definition) is 4. The van der Waals surface area contributed by atoms with Crippen molar-refractivity contribution in [3.8, 4) is 0 Å². The summed E-state index contributed by atoms with van der Waals surface area (Å²) in [6, 6.07) is 3.65. The molecule has 0 spiro atoms. The Hall–Kier alpha value is -1.14. The summed E-state index contributed by atoms with van der Waals surface area (Å²) >= 11 is 7.81. The molecule has 0 aliphatic rings. The number of rotatable bonds is 4. The molecule has 0 saturated carbocycles. The molecule has 0 bridgehead atoms. The molecular formula is C12H16N2O2S2. The van der Waals surface area contributed by atoms with Gasteiger partial charge in [0.15, 0.2) is 0 Å². The van der Waals surface area contributed by atoms with Gasteiger partial charge in [-0.25, -0.2) is 0 Å². The summed E-state index contributed by atoms with van der Waals surface area (Å²) in [5.41, 5.74) is 3.22. The van der Waals surface area contributed by atoms with E-state index < -0.39 is 0 Å². The maximum atomic E-state index is 11.3. The Balaban J connectivity index is 2.96. The highest BCUT2D eigenvalue weighted by Gasteiger charge is 2.08. The third-order valence-corrected chi connectivity index (χ3v) is 2.98. The van der Waals surface area contributed by atoms with E-state index in [0.717, 1.165) is 22.5 Å². The number of carbonyl (C=O) groups is 2. The predicted molar refractivity (Wildman–Crippen MR) is 80.9 cm³/mol. The van der Waals surface area contributed by atoms with Crippen LogP contribution in [-0.4, -0.2) is 23.3 Å². The van der Waals surface area contributed by atoms with E-state index in [1.165, 1.54) is 0 Å². The van der Waals surface area contributed by atoms with Crippen molar-refractivity contribution in [2.45, 2.75) is 13.8 Å². The van der Waals surface area contributed by atoms with Crippen molar-refractivity contribution in [3.63, 3.8) is 0 Å². The molecule has 18 heavy (non-hydrogen) atoms. The Kier molecular flexibility index (Phi) is 5.55. The lowest BCUT2D eigenvalue weighted by Crippen LogP contribution is -2.16. The zero-order chi connectivity index (χ0) is 13.7. The monoisotopic (exact) mass is 284 g/mol. The van der Waals surface area contributed by atoms with Crippen molar-refractivity contribution in [2.75, 3.05) is 22.1 Å². The zero-order valence-corrected chi connectivity index (χ0v) is 12.1. The fourth-order valence-electron chi connectivity index (χ4n) is 1.46. The van der Waals surface area contributed by atoms with Gasteiger partial charge >= 0.3 is 0 Å². The van der Waals surface area contributed by atoms with Gasteiger partial charge in [0.05, 0.1) is 11.5 Å². The molecule has 1 rings (SSSR count). The molecule has 0 aromatic heterocycles. The Bertz CT molecular complexity index is 432. The molecule has 0 atom stereocenters. The van der Waals surface area contributed by atoms with Gasteiger partial charge in [-0.2, -0.15) is 25.3 Å². The zero-order valence-electron chi connectivity index (χ0n) is 10.3. The first-order valence-corrected chi connectivity index (χ1v) is 6.67. The molecule has 2 amide bonds. The third-order valence-electron chi connectivity index (χ3n) is 2.41. The molecule has 0 unspecified atom stereocenters. The minimum Gasteiger partial charge on any atom is -0.325 e. The fraction of sp³-hybridized carbons (Fsp3) is 0.333. The molecule has 6 heteroatoms. The minimum atomic E-state index is -0.159. The van der Waals surface area contributed by atoms with E-state index >= 15 is 0 Å². The van der Waals surface area contributed by atoms with Crippen molar-refractivity contribution >= 4 is 48.4 Å². The number of nitrogens with one attached hydrogen (secondary N) is 2. The molecule has 2 N–H and O–H groups in total.